The van der Waals surface area contributed by atoms with Crippen molar-refractivity contribution in [2.75, 3.05) is 12.4 Å². The van der Waals surface area contributed by atoms with E-state index in [0.29, 0.717) is 17.4 Å². The molecule has 3 rings (SSSR count). The molecule has 2 aromatic carbocycles. The van der Waals surface area contributed by atoms with Crippen LogP contribution in [0.15, 0.2) is 47.6 Å². The van der Waals surface area contributed by atoms with Crippen LogP contribution in [0.2, 0.25) is 5.02 Å². The maximum absolute atomic E-state index is 6.07. The standard InChI is InChI=1S/C17H17ClN4OS/c1-12-6-5-7-13(2)16(12)22-17(19-20-21-22)24-11-10-23-15-9-4-3-8-14(15)18/h3-9H,10-11H2,1-2H3. The molecule has 0 bridgehead atoms. The molecule has 0 aliphatic rings. The number of halogens is 1. The predicted molar refractivity (Wildman–Crippen MR) is 96.3 cm³/mol. The Morgan fingerprint density at radius 1 is 1.08 bits per heavy atom. The minimum absolute atomic E-state index is 0.522. The highest BCUT2D eigenvalue weighted by Crippen LogP contribution is 2.25. The Kier molecular flexibility index (Phi) is 5.37. The van der Waals surface area contributed by atoms with Crippen molar-refractivity contribution in [3.05, 3.63) is 58.6 Å². The van der Waals surface area contributed by atoms with Crippen molar-refractivity contribution in [3.8, 4) is 11.4 Å². The average Bonchev–Trinajstić information content (AvgIpc) is 3.01. The van der Waals surface area contributed by atoms with Crippen molar-refractivity contribution in [1.82, 2.24) is 20.2 Å². The molecule has 0 spiro atoms. The number of nitrogens with zero attached hydrogens (tertiary/aromatic N) is 4. The summed E-state index contributed by atoms with van der Waals surface area (Å²) >= 11 is 7.62. The third-order valence-electron chi connectivity index (χ3n) is 3.50. The molecule has 0 saturated heterocycles. The second kappa shape index (κ2) is 7.68. The van der Waals surface area contributed by atoms with Crippen LogP contribution in [-0.4, -0.2) is 32.6 Å². The average molecular weight is 361 g/mol. The molecule has 1 aromatic heterocycles. The van der Waals surface area contributed by atoms with Gasteiger partial charge in [0.2, 0.25) is 5.16 Å². The summed E-state index contributed by atoms with van der Waals surface area (Å²) in [5.74, 6) is 1.41. The Morgan fingerprint density at radius 3 is 2.58 bits per heavy atom. The van der Waals surface area contributed by atoms with Crippen LogP contribution in [0, 0.1) is 13.8 Å². The summed E-state index contributed by atoms with van der Waals surface area (Å²) in [6.07, 6.45) is 0. The lowest BCUT2D eigenvalue weighted by Gasteiger charge is -2.11. The van der Waals surface area contributed by atoms with Gasteiger partial charge in [-0.05, 0) is 47.5 Å². The molecule has 0 aliphatic heterocycles. The third kappa shape index (κ3) is 3.71. The van der Waals surface area contributed by atoms with Gasteiger partial charge in [0.1, 0.15) is 5.75 Å². The van der Waals surface area contributed by atoms with Gasteiger partial charge in [0.15, 0.2) is 0 Å². The number of hydrogen-bond acceptors (Lipinski definition) is 5. The van der Waals surface area contributed by atoms with Gasteiger partial charge >= 0.3 is 0 Å². The van der Waals surface area contributed by atoms with Gasteiger partial charge in [0.05, 0.1) is 17.3 Å². The van der Waals surface area contributed by atoms with Crippen LogP contribution in [0.25, 0.3) is 5.69 Å². The molecule has 3 aromatic rings. The Labute approximate surface area is 150 Å². The van der Waals surface area contributed by atoms with Crippen LogP contribution in [-0.2, 0) is 0 Å². The second-order valence-corrected chi connectivity index (χ2v) is 6.71. The highest BCUT2D eigenvalue weighted by atomic mass is 35.5. The van der Waals surface area contributed by atoms with Crippen LogP contribution < -0.4 is 4.74 Å². The topological polar surface area (TPSA) is 52.8 Å². The zero-order valence-corrected chi connectivity index (χ0v) is 15.0. The summed E-state index contributed by atoms with van der Waals surface area (Å²) in [6.45, 7) is 4.63. The van der Waals surface area contributed by atoms with E-state index in [1.165, 1.54) is 0 Å². The van der Waals surface area contributed by atoms with Crippen LogP contribution in [0.5, 0.6) is 5.75 Å². The van der Waals surface area contributed by atoms with Gasteiger partial charge in [-0.25, -0.2) is 0 Å². The number of rotatable bonds is 6. The van der Waals surface area contributed by atoms with Gasteiger partial charge in [-0.1, -0.05) is 53.7 Å². The molecule has 0 radical (unpaired) electrons. The van der Waals surface area contributed by atoms with E-state index in [1.54, 1.807) is 16.4 Å². The fraction of sp³-hybridized carbons (Fsp3) is 0.235. The highest BCUT2D eigenvalue weighted by molar-refractivity contribution is 7.99. The number of para-hydroxylation sites is 2. The minimum Gasteiger partial charge on any atom is -0.491 e. The fourth-order valence-electron chi connectivity index (χ4n) is 2.40. The molecule has 0 unspecified atom stereocenters. The van der Waals surface area contributed by atoms with E-state index in [0.717, 1.165) is 27.7 Å². The third-order valence-corrected chi connectivity index (χ3v) is 4.70. The van der Waals surface area contributed by atoms with E-state index in [1.807, 2.05) is 30.3 Å². The van der Waals surface area contributed by atoms with Gasteiger partial charge in [0.25, 0.3) is 0 Å². The minimum atomic E-state index is 0.522. The number of tetrazole rings is 1. The van der Waals surface area contributed by atoms with Gasteiger partial charge in [-0.3, -0.25) is 0 Å². The first-order chi connectivity index (χ1) is 11.7. The van der Waals surface area contributed by atoms with Gasteiger partial charge in [0, 0.05) is 5.75 Å². The number of ether oxygens (including phenoxy) is 1. The van der Waals surface area contributed by atoms with Gasteiger partial charge < -0.3 is 4.74 Å². The van der Waals surface area contributed by atoms with E-state index < -0.39 is 0 Å². The monoisotopic (exact) mass is 360 g/mol. The van der Waals surface area contributed by atoms with Crippen molar-refractivity contribution in [1.29, 1.82) is 0 Å². The van der Waals surface area contributed by atoms with Crippen molar-refractivity contribution in [3.63, 3.8) is 0 Å². The van der Waals surface area contributed by atoms with Crippen LogP contribution in [0.1, 0.15) is 11.1 Å². The Balaban J connectivity index is 1.65. The molecule has 0 N–H and O–H groups in total. The van der Waals surface area contributed by atoms with Crippen LogP contribution >= 0.6 is 23.4 Å². The molecule has 124 valence electrons. The molecular formula is C17H17ClN4OS. The molecule has 0 aliphatic carbocycles. The summed E-state index contributed by atoms with van der Waals surface area (Å²) in [5.41, 5.74) is 3.30. The lowest BCUT2D eigenvalue weighted by molar-refractivity contribution is 0.344. The molecule has 7 heteroatoms. The Hall–Kier alpha value is -2.05. The maximum atomic E-state index is 6.07. The van der Waals surface area contributed by atoms with Crippen molar-refractivity contribution >= 4 is 23.4 Å². The lowest BCUT2D eigenvalue weighted by Crippen LogP contribution is -2.06. The second-order valence-electron chi connectivity index (χ2n) is 5.24. The Morgan fingerprint density at radius 2 is 1.83 bits per heavy atom. The zero-order chi connectivity index (χ0) is 16.9. The van der Waals surface area contributed by atoms with Gasteiger partial charge in [-0.2, -0.15) is 4.68 Å². The number of thioether (sulfide) groups is 1. The predicted octanol–water partition coefficient (Wildman–Crippen LogP) is 4.10. The molecule has 0 amide bonds. The highest BCUT2D eigenvalue weighted by Gasteiger charge is 2.13. The number of benzene rings is 2. The lowest BCUT2D eigenvalue weighted by atomic mass is 10.1. The van der Waals surface area contributed by atoms with Crippen molar-refractivity contribution in [2.24, 2.45) is 0 Å². The quantitative estimate of drug-likeness (QED) is 0.489. The SMILES string of the molecule is Cc1cccc(C)c1-n1nnnc1SCCOc1ccccc1Cl. The van der Waals surface area contributed by atoms with Crippen LogP contribution in [0.4, 0.5) is 0 Å². The first kappa shape index (κ1) is 16.8. The molecule has 5 nitrogen and oxygen atoms in total. The zero-order valence-electron chi connectivity index (χ0n) is 13.4. The Bertz CT molecular complexity index is 817. The molecule has 0 saturated carbocycles. The van der Waals surface area contributed by atoms with E-state index in [4.69, 9.17) is 16.3 Å². The number of aryl methyl sites for hydroxylation is 2. The summed E-state index contributed by atoms with van der Waals surface area (Å²) in [5, 5.41) is 13.4. The van der Waals surface area contributed by atoms with E-state index in [-0.39, 0.29) is 0 Å². The van der Waals surface area contributed by atoms with Crippen molar-refractivity contribution in [2.45, 2.75) is 19.0 Å². The molecule has 1 heterocycles. The van der Waals surface area contributed by atoms with E-state index >= 15 is 0 Å². The summed E-state index contributed by atoms with van der Waals surface area (Å²) < 4.78 is 7.48. The first-order valence-electron chi connectivity index (χ1n) is 7.52. The van der Waals surface area contributed by atoms with Crippen molar-refractivity contribution < 1.29 is 4.74 Å². The van der Waals surface area contributed by atoms with Crippen LogP contribution in [0.3, 0.4) is 0 Å². The first-order valence-corrected chi connectivity index (χ1v) is 8.88. The molecule has 0 fully saturated rings. The fourth-order valence-corrected chi connectivity index (χ4v) is 3.28. The normalized spacial score (nSPS) is 10.8. The molecular weight excluding hydrogens is 344 g/mol. The number of aromatic nitrogens is 4. The maximum Gasteiger partial charge on any atom is 0.214 e. The van der Waals surface area contributed by atoms with Gasteiger partial charge in [-0.15, -0.1) is 5.10 Å². The molecule has 0 atom stereocenters. The van der Waals surface area contributed by atoms with E-state index in [9.17, 15) is 0 Å². The van der Waals surface area contributed by atoms with E-state index in [2.05, 4.69) is 41.5 Å². The largest absolute Gasteiger partial charge is 0.491 e. The summed E-state index contributed by atoms with van der Waals surface area (Å²) in [4.78, 5) is 0. The summed E-state index contributed by atoms with van der Waals surface area (Å²) in [6, 6.07) is 13.6. The summed E-state index contributed by atoms with van der Waals surface area (Å²) in [7, 11) is 0. The molecule has 24 heavy (non-hydrogen) atoms. The smallest absolute Gasteiger partial charge is 0.214 e. The number of hydrogen-bond donors (Lipinski definition) is 0.